The van der Waals surface area contributed by atoms with Gasteiger partial charge in [-0.15, -0.1) is 0 Å². The van der Waals surface area contributed by atoms with Crippen molar-refractivity contribution in [1.29, 1.82) is 0 Å². The van der Waals surface area contributed by atoms with Crippen molar-refractivity contribution >= 4 is 5.91 Å². The molecule has 1 aliphatic heterocycles. The first-order chi connectivity index (χ1) is 30.8. The van der Waals surface area contributed by atoms with E-state index in [1.54, 1.807) is 0 Å². The minimum absolute atomic E-state index is 0.145. The van der Waals surface area contributed by atoms with Crippen molar-refractivity contribution in [2.45, 2.75) is 275 Å². The average molecular weight is 890 g/mol. The Bertz CT molecular complexity index is 1130. The summed E-state index contributed by atoms with van der Waals surface area (Å²) < 4.78 is 11.3. The van der Waals surface area contributed by atoms with Gasteiger partial charge in [0.25, 0.3) is 0 Å². The number of aliphatic hydroxyl groups is 5. The molecular formula is C54H99NO8. The summed E-state index contributed by atoms with van der Waals surface area (Å²) in [4.78, 5) is 13.0. The Balaban J connectivity index is 2.27. The molecule has 0 aromatic rings. The molecule has 6 N–H and O–H groups in total. The summed E-state index contributed by atoms with van der Waals surface area (Å²) >= 11 is 0. The molecule has 1 saturated heterocycles. The smallest absolute Gasteiger partial charge is 0.220 e. The first-order valence-electron chi connectivity index (χ1n) is 26.3. The highest BCUT2D eigenvalue weighted by Gasteiger charge is 2.44. The number of aliphatic hydroxyl groups excluding tert-OH is 5. The number of amides is 1. The minimum Gasteiger partial charge on any atom is -0.394 e. The molecular weight excluding hydrogens is 791 g/mol. The van der Waals surface area contributed by atoms with Crippen LogP contribution in [0.4, 0.5) is 0 Å². The van der Waals surface area contributed by atoms with Crippen LogP contribution in [0.5, 0.6) is 0 Å². The Labute approximate surface area is 386 Å². The summed E-state index contributed by atoms with van der Waals surface area (Å²) in [5.41, 5.74) is 0. The van der Waals surface area contributed by atoms with E-state index in [-0.39, 0.29) is 12.5 Å². The van der Waals surface area contributed by atoms with Crippen molar-refractivity contribution in [2.75, 3.05) is 13.2 Å². The summed E-state index contributed by atoms with van der Waals surface area (Å²) in [5, 5.41) is 54.6. The van der Waals surface area contributed by atoms with Crippen LogP contribution in [0.3, 0.4) is 0 Å². The third kappa shape index (κ3) is 34.2. The molecule has 1 heterocycles. The van der Waals surface area contributed by atoms with Gasteiger partial charge in [0.2, 0.25) is 5.91 Å². The van der Waals surface area contributed by atoms with Crippen molar-refractivity contribution in [3.8, 4) is 0 Å². The van der Waals surface area contributed by atoms with Gasteiger partial charge in [0.1, 0.15) is 24.4 Å². The zero-order valence-electron chi connectivity index (χ0n) is 40.6. The average Bonchev–Trinajstić information content (AvgIpc) is 3.28. The number of allylic oxidation sites excluding steroid dienone is 8. The van der Waals surface area contributed by atoms with E-state index in [0.29, 0.717) is 12.8 Å². The normalized spacial score (nSPS) is 20.5. The molecule has 7 unspecified atom stereocenters. The molecule has 9 heteroatoms. The van der Waals surface area contributed by atoms with E-state index in [4.69, 9.17) is 9.47 Å². The van der Waals surface area contributed by atoms with Gasteiger partial charge in [-0.3, -0.25) is 4.79 Å². The molecule has 0 radical (unpaired) electrons. The summed E-state index contributed by atoms with van der Waals surface area (Å²) in [6, 6.07) is -0.728. The molecule has 0 aromatic carbocycles. The van der Waals surface area contributed by atoms with E-state index in [0.717, 1.165) is 77.0 Å². The van der Waals surface area contributed by atoms with E-state index < -0.39 is 49.5 Å². The molecule has 1 rings (SSSR count). The van der Waals surface area contributed by atoms with Crippen LogP contribution in [-0.4, -0.2) is 87.5 Å². The third-order valence-electron chi connectivity index (χ3n) is 12.4. The molecule has 63 heavy (non-hydrogen) atoms. The predicted molar refractivity (Wildman–Crippen MR) is 263 cm³/mol. The molecule has 0 bridgehead atoms. The molecule has 7 atom stereocenters. The summed E-state index contributed by atoms with van der Waals surface area (Å²) in [5.74, 6) is -0.158. The van der Waals surface area contributed by atoms with Crippen molar-refractivity contribution in [2.24, 2.45) is 0 Å². The number of ether oxygens (including phenoxy) is 2. The Morgan fingerprint density at radius 1 is 0.556 bits per heavy atom. The van der Waals surface area contributed by atoms with Crippen LogP contribution in [-0.2, 0) is 14.3 Å². The van der Waals surface area contributed by atoms with Crippen LogP contribution >= 0.6 is 0 Å². The number of hydrogen-bond acceptors (Lipinski definition) is 8. The van der Waals surface area contributed by atoms with Gasteiger partial charge in [0.05, 0.1) is 25.4 Å². The Kier molecular flexibility index (Phi) is 41.3. The summed E-state index contributed by atoms with van der Waals surface area (Å²) in [6.45, 7) is 3.73. The number of carbonyl (C=O) groups excluding carboxylic acids is 1. The van der Waals surface area contributed by atoms with E-state index in [9.17, 15) is 30.3 Å². The molecule has 0 aromatic heterocycles. The van der Waals surface area contributed by atoms with Gasteiger partial charge in [-0.05, 0) is 51.4 Å². The molecule has 0 spiro atoms. The van der Waals surface area contributed by atoms with E-state index in [1.165, 1.54) is 128 Å². The second-order valence-corrected chi connectivity index (χ2v) is 18.3. The molecule has 1 amide bonds. The topological polar surface area (TPSA) is 149 Å². The molecule has 1 fully saturated rings. The van der Waals surface area contributed by atoms with Gasteiger partial charge < -0.3 is 40.3 Å². The zero-order chi connectivity index (χ0) is 45.9. The lowest BCUT2D eigenvalue weighted by Crippen LogP contribution is -2.60. The van der Waals surface area contributed by atoms with Crippen LogP contribution < -0.4 is 5.32 Å². The van der Waals surface area contributed by atoms with Crippen molar-refractivity contribution < 1.29 is 39.8 Å². The molecule has 0 aliphatic carbocycles. The SMILES string of the molecule is CC/C=C\C/C=C\C/C=C\C/C=C\CCCCCCCCC(=O)NC(COC1OC(CO)C(O)C(O)C1O)C(O)CCCCCCCCCCCCCCCCCCCCCCC. The Hall–Kier alpha value is -1.85. The van der Waals surface area contributed by atoms with Gasteiger partial charge >= 0.3 is 0 Å². The van der Waals surface area contributed by atoms with Crippen LogP contribution in [0.2, 0.25) is 0 Å². The number of unbranched alkanes of at least 4 members (excludes halogenated alkanes) is 26. The lowest BCUT2D eigenvalue weighted by atomic mass is 9.99. The van der Waals surface area contributed by atoms with Gasteiger partial charge in [-0.2, -0.15) is 0 Å². The van der Waals surface area contributed by atoms with Gasteiger partial charge in [-0.25, -0.2) is 0 Å². The monoisotopic (exact) mass is 890 g/mol. The Morgan fingerprint density at radius 2 is 0.984 bits per heavy atom. The molecule has 0 saturated carbocycles. The highest BCUT2D eigenvalue weighted by molar-refractivity contribution is 5.76. The Morgan fingerprint density at radius 3 is 1.46 bits per heavy atom. The highest BCUT2D eigenvalue weighted by Crippen LogP contribution is 2.23. The maximum absolute atomic E-state index is 13.0. The largest absolute Gasteiger partial charge is 0.394 e. The fourth-order valence-corrected chi connectivity index (χ4v) is 8.27. The van der Waals surface area contributed by atoms with Crippen LogP contribution in [0.15, 0.2) is 48.6 Å². The van der Waals surface area contributed by atoms with E-state index >= 15 is 0 Å². The van der Waals surface area contributed by atoms with Crippen LogP contribution in [0, 0.1) is 0 Å². The van der Waals surface area contributed by atoms with Gasteiger partial charge in [0.15, 0.2) is 6.29 Å². The number of hydrogen-bond donors (Lipinski definition) is 6. The quantitative estimate of drug-likeness (QED) is 0.0262. The summed E-state index contributed by atoms with van der Waals surface area (Å²) in [7, 11) is 0. The molecule has 9 nitrogen and oxygen atoms in total. The first kappa shape index (κ1) is 59.2. The molecule has 1 aliphatic rings. The summed E-state index contributed by atoms with van der Waals surface area (Å²) in [6.07, 6.45) is 49.8. The van der Waals surface area contributed by atoms with Gasteiger partial charge in [0, 0.05) is 6.42 Å². The fourth-order valence-electron chi connectivity index (χ4n) is 8.27. The maximum Gasteiger partial charge on any atom is 0.220 e. The second-order valence-electron chi connectivity index (χ2n) is 18.3. The maximum atomic E-state index is 13.0. The predicted octanol–water partition coefficient (Wildman–Crippen LogP) is 12.2. The van der Waals surface area contributed by atoms with Crippen LogP contribution in [0.25, 0.3) is 0 Å². The standard InChI is InChI=1S/C54H99NO8/c1-3-5-7-9-11-13-15-17-19-21-23-24-26-27-29-31-33-35-37-39-41-43-48(57)47(46-62-54-53(61)52(60)51(59)49(45-56)63-54)55-50(58)44-42-40-38-36-34-32-30-28-25-22-20-18-16-14-12-10-8-6-4-2/h6,8,12,14,18,20,25,28,47-49,51-54,56-57,59-61H,3-5,7,9-11,13,15-17,19,21-24,26-27,29-46H2,1-2H3,(H,55,58)/b8-6-,14-12-,20-18-,28-25-. The highest BCUT2D eigenvalue weighted by atomic mass is 16.7. The van der Waals surface area contributed by atoms with Crippen molar-refractivity contribution in [3.05, 3.63) is 48.6 Å². The fraction of sp³-hybridized carbons (Fsp3) is 0.833. The zero-order valence-corrected chi connectivity index (χ0v) is 40.6. The first-order valence-corrected chi connectivity index (χ1v) is 26.3. The lowest BCUT2D eigenvalue weighted by molar-refractivity contribution is -0.302. The minimum atomic E-state index is -1.56. The number of rotatable bonds is 44. The molecule has 368 valence electrons. The van der Waals surface area contributed by atoms with Gasteiger partial charge in [-0.1, -0.05) is 223 Å². The van der Waals surface area contributed by atoms with Crippen LogP contribution in [0.1, 0.15) is 232 Å². The second kappa shape index (κ2) is 44.0. The third-order valence-corrected chi connectivity index (χ3v) is 12.4. The van der Waals surface area contributed by atoms with Crippen molar-refractivity contribution in [1.82, 2.24) is 5.32 Å². The van der Waals surface area contributed by atoms with E-state index in [2.05, 4.69) is 67.8 Å². The van der Waals surface area contributed by atoms with Crippen molar-refractivity contribution in [3.63, 3.8) is 0 Å². The number of carbonyl (C=O) groups is 1. The lowest BCUT2D eigenvalue weighted by Gasteiger charge is -2.40. The van der Waals surface area contributed by atoms with E-state index in [1.807, 2.05) is 0 Å². The number of nitrogens with one attached hydrogen (secondary N) is 1.